The number of anilines is 2. The fourth-order valence-electron chi connectivity index (χ4n) is 2.68. The zero-order valence-corrected chi connectivity index (χ0v) is 10.9. The number of nitrogens with one attached hydrogen (secondary N) is 2. The first-order chi connectivity index (χ1) is 8.79. The molecule has 5 heteroatoms. The molecular formula is C13H20N4O. The van der Waals surface area contributed by atoms with E-state index in [4.69, 9.17) is 4.74 Å². The molecule has 1 aliphatic heterocycles. The molecule has 2 heterocycles. The number of ether oxygens (including phenoxy) is 1. The molecule has 2 N–H and O–H groups in total. The second-order valence-electron chi connectivity index (χ2n) is 5.16. The minimum atomic E-state index is 0.373. The van der Waals surface area contributed by atoms with Gasteiger partial charge in [0.1, 0.15) is 18.0 Å². The van der Waals surface area contributed by atoms with Crippen LogP contribution in [-0.4, -0.2) is 35.8 Å². The van der Waals surface area contributed by atoms with E-state index in [1.165, 1.54) is 12.8 Å². The molecule has 2 fully saturated rings. The molecule has 2 unspecified atom stereocenters. The van der Waals surface area contributed by atoms with E-state index >= 15 is 0 Å². The minimum Gasteiger partial charge on any atom is -0.376 e. The fourth-order valence-corrected chi connectivity index (χ4v) is 2.68. The maximum Gasteiger partial charge on any atom is 0.134 e. The molecule has 1 aromatic heterocycles. The predicted molar refractivity (Wildman–Crippen MR) is 70.8 cm³/mol. The summed E-state index contributed by atoms with van der Waals surface area (Å²) in [6.07, 6.45) is 5.67. The quantitative estimate of drug-likeness (QED) is 0.851. The Kier molecular flexibility index (Phi) is 3.07. The summed E-state index contributed by atoms with van der Waals surface area (Å²) in [7, 11) is 1.88. The summed E-state index contributed by atoms with van der Waals surface area (Å²) in [5.41, 5.74) is 1.07. The van der Waals surface area contributed by atoms with Gasteiger partial charge >= 0.3 is 0 Å². The highest BCUT2D eigenvalue weighted by molar-refractivity contribution is 5.56. The van der Waals surface area contributed by atoms with Crippen molar-refractivity contribution in [3.63, 3.8) is 0 Å². The van der Waals surface area contributed by atoms with Crippen LogP contribution in [0.4, 0.5) is 11.6 Å². The van der Waals surface area contributed by atoms with Gasteiger partial charge in [-0.3, -0.25) is 0 Å². The van der Waals surface area contributed by atoms with Crippen molar-refractivity contribution in [1.29, 1.82) is 0 Å². The first-order valence-electron chi connectivity index (χ1n) is 6.67. The summed E-state index contributed by atoms with van der Waals surface area (Å²) < 4.78 is 5.84. The number of rotatable bonds is 4. The van der Waals surface area contributed by atoms with Crippen LogP contribution in [0.25, 0.3) is 0 Å². The van der Waals surface area contributed by atoms with Crippen LogP contribution in [0.1, 0.15) is 24.8 Å². The van der Waals surface area contributed by atoms with Crippen LogP contribution in [0.3, 0.4) is 0 Å². The van der Waals surface area contributed by atoms with Gasteiger partial charge in [0.2, 0.25) is 0 Å². The molecule has 1 saturated heterocycles. The summed E-state index contributed by atoms with van der Waals surface area (Å²) in [6.45, 7) is 2.90. The van der Waals surface area contributed by atoms with E-state index < -0.39 is 0 Å². The van der Waals surface area contributed by atoms with Crippen LogP contribution in [-0.2, 0) is 4.74 Å². The molecule has 5 nitrogen and oxygen atoms in total. The molecule has 0 bridgehead atoms. The Labute approximate surface area is 107 Å². The second-order valence-corrected chi connectivity index (χ2v) is 5.16. The number of hydrogen-bond acceptors (Lipinski definition) is 5. The van der Waals surface area contributed by atoms with Gasteiger partial charge in [0.05, 0.1) is 12.1 Å². The van der Waals surface area contributed by atoms with Gasteiger partial charge in [-0.2, -0.15) is 0 Å². The van der Waals surface area contributed by atoms with Crippen molar-refractivity contribution < 1.29 is 4.74 Å². The van der Waals surface area contributed by atoms with Gasteiger partial charge in [-0.05, 0) is 32.1 Å². The molecule has 3 rings (SSSR count). The Morgan fingerprint density at radius 1 is 1.22 bits per heavy atom. The molecule has 98 valence electrons. The molecular weight excluding hydrogens is 228 g/mol. The Morgan fingerprint density at radius 3 is 2.72 bits per heavy atom. The molecule has 18 heavy (non-hydrogen) atoms. The van der Waals surface area contributed by atoms with Gasteiger partial charge < -0.3 is 15.4 Å². The molecule has 0 aromatic carbocycles. The van der Waals surface area contributed by atoms with E-state index in [1.807, 2.05) is 14.0 Å². The molecule has 2 atom stereocenters. The average Bonchev–Trinajstić information content (AvgIpc) is 3.13. The van der Waals surface area contributed by atoms with Crippen molar-refractivity contribution >= 4 is 11.6 Å². The Bertz CT molecular complexity index is 433. The highest BCUT2D eigenvalue weighted by atomic mass is 16.5. The summed E-state index contributed by atoms with van der Waals surface area (Å²) in [5, 5.41) is 6.62. The standard InChI is InChI=1S/C13H20N4O/c1-8-12(14-2)15-7-16-13(8)17-10-5-6-18-11(10)9-3-4-9/h7,9-11H,3-6H2,1-2H3,(H2,14,15,16,17). The van der Waals surface area contributed by atoms with Gasteiger partial charge in [0.15, 0.2) is 0 Å². The molecule has 0 radical (unpaired) electrons. The first kappa shape index (κ1) is 11.7. The first-order valence-corrected chi connectivity index (χ1v) is 6.67. The van der Waals surface area contributed by atoms with Crippen molar-refractivity contribution in [3.05, 3.63) is 11.9 Å². The van der Waals surface area contributed by atoms with Gasteiger partial charge in [0.25, 0.3) is 0 Å². The molecule has 0 amide bonds. The third kappa shape index (κ3) is 2.14. The van der Waals surface area contributed by atoms with Crippen molar-refractivity contribution in [2.24, 2.45) is 5.92 Å². The Morgan fingerprint density at radius 2 is 2.00 bits per heavy atom. The van der Waals surface area contributed by atoms with Crippen LogP contribution in [0.5, 0.6) is 0 Å². The second kappa shape index (κ2) is 4.72. The van der Waals surface area contributed by atoms with Gasteiger partial charge in [-0.1, -0.05) is 0 Å². The highest BCUT2D eigenvalue weighted by Gasteiger charge is 2.40. The monoisotopic (exact) mass is 248 g/mol. The highest BCUT2D eigenvalue weighted by Crippen LogP contribution is 2.39. The summed E-state index contributed by atoms with van der Waals surface area (Å²) in [5.74, 6) is 2.57. The number of hydrogen-bond donors (Lipinski definition) is 2. The zero-order valence-electron chi connectivity index (χ0n) is 10.9. The molecule has 1 aromatic rings. The number of nitrogens with zero attached hydrogens (tertiary/aromatic N) is 2. The van der Waals surface area contributed by atoms with E-state index in [0.717, 1.165) is 36.1 Å². The van der Waals surface area contributed by atoms with Crippen LogP contribution in [0, 0.1) is 12.8 Å². The lowest BCUT2D eigenvalue weighted by Crippen LogP contribution is -2.31. The third-order valence-corrected chi connectivity index (χ3v) is 3.87. The third-order valence-electron chi connectivity index (χ3n) is 3.87. The van der Waals surface area contributed by atoms with Crippen molar-refractivity contribution in [3.8, 4) is 0 Å². The van der Waals surface area contributed by atoms with E-state index in [2.05, 4.69) is 20.6 Å². The van der Waals surface area contributed by atoms with E-state index in [0.29, 0.717) is 12.1 Å². The maximum atomic E-state index is 5.84. The van der Waals surface area contributed by atoms with Crippen molar-refractivity contribution in [2.45, 2.75) is 38.3 Å². The lowest BCUT2D eigenvalue weighted by molar-refractivity contribution is 0.0898. The Hall–Kier alpha value is -1.36. The molecule has 0 spiro atoms. The van der Waals surface area contributed by atoms with E-state index in [1.54, 1.807) is 6.33 Å². The van der Waals surface area contributed by atoms with Gasteiger partial charge in [0, 0.05) is 19.2 Å². The Balaban J connectivity index is 1.75. The van der Waals surface area contributed by atoms with Crippen molar-refractivity contribution in [1.82, 2.24) is 9.97 Å². The predicted octanol–water partition coefficient (Wildman–Crippen LogP) is 1.81. The lowest BCUT2D eigenvalue weighted by Gasteiger charge is -2.21. The van der Waals surface area contributed by atoms with E-state index in [-0.39, 0.29) is 0 Å². The van der Waals surface area contributed by atoms with Gasteiger partial charge in [-0.25, -0.2) is 9.97 Å². The van der Waals surface area contributed by atoms with Crippen LogP contribution in [0.2, 0.25) is 0 Å². The minimum absolute atomic E-state index is 0.373. The average molecular weight is 248 g/mol. The van der Waals surface area contributed by atoms with Crippen LogP contribution >= 0.6 is 0 Å². The fraction of sp³-hybridized carbons (Fsp3) is 0.692. The van der Waals surface area contributed by atoms with Gasteiger partial charge in [-0.15, -0.1) is 0 Å². The summed E-state index contributed by atoms with van der Waals surface area (Å²) in [4.78, 5) is 8.55. The summed E-state index contributed by atoms with van der Waals surface area (Å²) >= 11 is 0. The topological polar surface area (TPSA) is 59.1 Å². The normalized spacial score (nSPS) is 27.2. The molecule has 2 aliphatic rings. The van der Waals surface area contributed by atoms with E-state index in [9.17, 15) is 0 Å². The summed E-state index contributed by atoms with van der Waals surface area (Å²) in [6, 6.07) is 0.399. The lowest BCUT2D eigenvalue weighted by atomic mass is 10.1. The molecule has 1 saturated carbocycles. The van der Waals surface area contributed by atoms with Crippen molar-refractivity contribution in [2.75, 3.05) is 24.3 Å². The SMILES string of the molecule is CNc1ncnc(NC2CCOC2C2CC2)c1C. The maximum absolute atomic E-state index is 5.84. The zero-order chi connectivity index (χ0) is 12.5. The smallest absolute Gasteiger partial charge is 0.134 e. The molecule has 1 aliphatic carbocycles. The largest absolute Gasteiger partial charge is 0.376 e. The van der Waals surface area contributed by atoms with Crippen LogP contribution in [0.15, 0.2) is 6.33 Å². The number of aromatic nitrogens is 2. The van der Waals surface area contributed by atoms with Crippen LogP contribution < -0.4 is 10.6 Å².